The van der Waals surface area contributed by atoms with Crippen LogP contribution in [0.5, 0.6) is 0 Å². The lowest BCUT2D eigenvalue weighted by Gasteiger charge is -2.28. The van der Waals surface area contributed by atoms with Crippen LogP contribution in [0.2, 0.25) is 0 Å². The van der Waals surface area contributed by atoms with E-state index in [1.165, 1.54) is 12.1 Å². The van der Waals surface area contributed by atoms with Gasteiger partial charge in [0.05, 0.1) is 6.04 Å². The van der Waals surface area contributed by atoms with Crippen molar-refractivity contribution in [1.29, 1.82) is 0 Å². The van der Waals surface area contributed by atoms with E-state index < -0.39 is 24.6 Å². The average molecular weight is 261 g/mol. The van der Waals surface area contributed by atoms with Crippen molar-refractivity contribution < 1.29 is 19.7 Å². The maximum atomic E-state index is 10.9. The third kappa shape index (κ3) is 3.98. The number of hydrogen-bond donors (Lipinski definition) is 4. The van der Waals surface area contributed by atoms with Gasteiger partial charge in [-0.05, 0) is 19.4 Å². The molecule has 1 saturated heterocycles. The molecular weight excluding hydrogens is 238 g/mol. The van der Waals surface area contributed by atoms with E-state index in [4.69, 9.17) is 10.5 Å². The fourth-order valence-electron chi connectivity index (χ4n) is 2.04. The molecule has 7 heteroatoms. The first-order valence-electron chi connectivity index (χ1n) is 6.22. The summed E-state index contributed by atoms with van der Waals surface area (Å²) in [6, 6.07) is -0.434. The topological polar surface area (TPSA) is 108 Å². The quantitative estimate of drug-likeness (QED) is 0.312. The number of nitrogens with zero attached hydrogens (tertiary/aromatic N) is 1. The number of aldehydes is 1. The number of hydrogen-bond acceptors (Lipinski definition) is 7. The highest BCUT2D eigenvalue weighted by Crippen LogP contribution is 2.21. The summed E-state index contributed by atoms with van der Waals surface area (Å²) < 4.78 is 5.04. The number of rotatable bonds is 8. The number of hydrazine groups is 1. The number of aliphatic hydroxyl groups is 2. The van der Waals surface area contributed by atoms with Gasteiger partial charge in [0.2, 0.25) is 0 Å². The smallest absolute Gasteiger partial charge is 0.148 e. The molecule has 0 aromatic heterocycles. The molecule has 0 saturated carbocycles. The Morgan fingerprint density at radius 2 is 2.28 bits per heavy atom. The van der Waals surface area contributed by atoms with Crippen molar-refractivity contribution in [2.45, 2.75) is 50.3 Å². The molecule has 1 aliphatic heterocycles. The van der Waals surface area contributed by atoms with Gasteiger partial charge >= 0.3 is 0 Å². The van der Waals surface area contributed by atoms with E-state index in [0.717, 1.165) is 19.1 Å². The van der Waals surface area contributed by atoms with Crippen molar-refractivity contribution in [1.82, 2.24) is 10.4 Å². The van der Waals surface area contributed by atoms with Gasteiger partial charge in [-0.1, -0.05) is 6.42 Å². The van der Waals surface area contributed by atoms with Gasteiger partial charge in [0, 0.05) is 13.5 Å². The summed E-state index contributed by atoms with van der Waals surface area (Å²) in [7, 11) is 1.47. The molecule has 0 amide bonds. The van der Waals surface area contributed by atoms with Crippen LogP contribution >= 0.6 is 0 Å². The summed E-state index contributed by atoms with van der Waals surface area (Å²) >= 11 is 0. The molecule has 0 spiro atoms. The molecule has 0 aromatic carbocycles. The summed E-state index contributed by atoms with van der Waals surface area (Å²) in [5.74, 6) is 0. The third-order valence-electron chi connectivity index (χ3n) is 3.13. The van der Waals surface area contributed by atoms with Crippen molar-refractivity contribution in [3.63, 3.8) is 0 Å². The Kier molecular flexibility index (Phi) is 6.69. The van der Waals surface area contributed by atoms with Gasteiger partial charge in [-0.25, -0.2) is 5.43 Å². The van der Waals surface area contributed by atoms with Crippen LogP contribution in [0.1, 0.15) is 25.7 Å². The predicted molar refractivity (Wildman–Crippen MR) is 65.2 cm³/mol. The van der Waals surface area contributed by atoms with Crippen molar-refractivity contribution in [2.24, 2.45) is 5.73 Å². The highest BCUT2D eigenvalue weighted by Gasteiger charge is 2.40. The molecule has 3 unspecified atom stereocenters. The predicted octanol–water partition coefficient (Wildman–Crippen LogP) is -1.45. The van der Waals surface area contributed by atoms with Gasteiger partial charge in [-0.15, -0.1) is 0 Å². The monoisotopic (exact) mass is 261 g/mol. The molecular formula is C11H23N3O4. The number of unbranched alkanes of at least 4 members (excludes halogenated alkanes) is 1. The van der Waals surface area contributed by atoms with E-state index in [-0.39, 0.29) is 0 Å². The van der Waals surface area contributed by atoms with Crippen molar-refractivity contribution in [3.8, 4) is 0 Å². The van der Waals surface area contributed by atoms with E-state index in [2.05, 4.69) is 5.43 Å². The van der Waals surface area contributed by atoms with Crippen LogP contribution in [-0.2, 0) is 9.53 Å². The van der Waals surface area contributed by atoms with E-state index in [1.807, 2.05) is 0 Å². The van der Waals surface area contributed by atoms with Gasteiger partial charge < -0.3 is 25.5 Å². The minimum absolute atomic E-state index is 0.305. The SMILES string of the molecule is COC1CC(O)N(N[C@H](C=O)CCCCN)C1O. The first-order valence-corrected chi connectivity index (χ1v) is 6.22. The summed E-state index contributed by atoms with van der Waals surface area (Å²) in [5, 5.41) is 20.9. The first kappa shape index (κ1) is 15.5. The van der Waals surface area contributed by atoms with Crippen LogP contribution in [0.4, 0.5) is 0 Å². The summed E-state index contributed by atoms with van der Waals surface area (Å²) in [6.45, 7) is 0.590. The molecule has 5 N–H and O–H groups in total. The van der Waals surface area contributed by atoms with Crippen LogP contribution < -0.4 is 11.2 Å². The van der Waals surface area contributed by atoms with Gasteiger partial charge in [-0.3, -0.25) is 0 Å². The molecule has 106 valence electrons. The largest absolute Gasteiger partial charge is 0.377 e. The van der Waals surface area contributed by atoms with Crippen molar-refractivity contribution in [2.75, 3.05) is 13.7 Å². The Morgan fingerprint density at radius 1 is 1.56 bits per heavy atom. The number of nitrogens with two attached hydrogens (primary N) is 1. The molecule has 7 nitrogen and oxygen atoms in total. The molecule has 1 heterocycles. The molecule has 4 atom stereocenters. The molecule has 0 radical (unpaired) electrons. The standard InChI is InChI=1S/C11H23N3O4/c1-18-9-6-10(16)14(11(9)17)13-8(7-15)4-2-3-5-12/h7-11,13,16-17H,2-6,12H2,1H3/t8-,9?,10?,11?/m0/s1. The second-order valence-corrected chi connectivity index (χ2v) is 4.47. The molecule has 1 rings (SSSR count). The Hall–Kier alpha value is -0.570. The van der Waals surface area contributed by atoms with E-state index >= 15 is 0 Å². The zero-order chi connectivity index (χ0) is 13.5. The molecule has 0 bridgehead atoms. The average Bonchev–Trinajstić information content (AvgIpc) is 2.64. The zero-order valence-electron chi connectivity index (χ0n) is 10.7. The molecule has 1 aliphatic rings. The molecule has 18 heavy (non-hydrogen) atoms. The third-order valence-corrected chi connectivity index (χ3v) is 3.13. The second-order valence-electron chi connectivity index (χ2n) is 4.47. The van der Waals surface area contributed by atoms with Crippen LogP contribution in [0, 0.1) is 0 Å². The Labute approximate surface area is 107 Å². The fourth-order valence-corrected chi connectivity index (χ4v) is 2.04. The highest BCUT2D eigenvalue weighted by molar-refractivity contribution is 5.57. The lowest BCUT2D eigenvalue weighted by atomic mass is 10.1. The molecule has 0 aromatic rings. The van der Waals surface area contributed by atoms with Crippen LogP contribution in [0.3, 0.4) is 0 Å². The first-order chi connectivity index (χ1) is 8.63. The van der Waals surface area contributed by atoms with Gasteiger partial charge in [0.25, 0.3) is 0 Å². The fraction of sp³-hybridized carbons (Fsp3) is 0.909. The number of aliphatic hydroxyl groups excluding tert-OH is 2. The minimum atomic E-state index is -0.957. The number of methoxy groups -OCH3 is 1. The van der Waals surface area contributed by atoms with Crippen LogP contribution in [-0.4, -0.2) is 59.8 Å². The van der Waals surface area contributed by atoms with Crippen molar-refractivity contribution in [3.05, 3.63) is 0 Å². The number of nitrogens with one attached hydrogen (secondary N) is 1. The Balaban J connectivity index is 2.45. The van der Waals surface area contributed by atoms with E-state index in [0.29, 0.717) is 19.4 Å². The summed E-state index contributed by atoms with van der Waals surface area (Å²) in [5.41, 5.74) is 8.22. The van der Waals surface area contributed by atoms with Crippen molar-refractivity contribution >= 4 is 6.29 Å². The zero-order valence-corrected chi connectivity index (χ0v) is 10.7. The second kappa shape index (κ2) is 7.78. The van der Waals surface area contributed by atoms with Crippen LogP contribution in [0.15, 0.2) is 0 Å². The van der Waals surface area contributed by atoms with E-state index in [1.54, 1.807) is 0 Å². The lowest BCUT2D eigenvalue weighted by molar-refractivity contribution is -0.128. The highest BCUT2D eigenvalue weighted by atomic mass is 16.5. The summed E-state index contributed by atoms with van der Waals surface area (Å²) in [6.07, 6.45) is 1.09. The molecule has 1 fully saturated rings. The maximum absolute atomic E-state index is 10.9. The van der Waals surface area contributed by atoms with E-state index in [9.17, 15) is 15.0 Å². The maximum Gasteiger partial charge on any atom is 0.148 e. The van der Waals surface area contributed by atoms with Crippen LogP contribution in [0.25, 0.3) is 0 Å². The summed E-state index contributed by atoms with van der Waals surface area (Å²) in [4.78, 5) is 10.9. The molecule has 0 aliphatic carbocycles. The number of ether oxygens (including phenoxy) is 1. The van der Waals surface area contributed by atoms with Gasteiger partial charge in [0.1, 0.15) is 24.8 Å². The van der Waals surface area contributed by atoms with Gasteiger partial charge in [-0.2, -0.15) is 5.01 Å². The number of carbonyl (C=O) groups is 1. The lowest BCUT2D eigenvalue weighted by Crippen LogP contribution is -2.53. The Bertz CT molecular complexity index is 254. The van der Waals surface area contributed by atoms with Gasteiger partial charge in [0.15, 0.2) is 0 Å². The minimum Gasteiger partial charge on any atom is -0.377 e. The normalized spacial score (nSPS) is 30.6. The Morgan fingerprint density at radius 3 is 2.78 bits per heavy atom. The number of carbonyl (C=O) groups excluding carboxylic acids is 1.